The Hall–Kier alpha value is -1.86. The van der Waals surface area contributed by atoms with Gasteiger partial charge in [0, 0.05) is 26.8 Å². The number of halogens is 1. The quantitative estimate of drug-likeness (QED) is 0.896. The van der Waals surface area contributed by atoms with Gasteiger partial charge in [-0.25, -0.2) is 4.98 Å². The highest BCUT2D eigenvalue weighted by Gasteiger charge is 2.26. The molecule has 8 heteroatoms. The summed E-state index contributed by atoms with van der Waals surface area (Å²) in [7, 11) is 3.56. The Morgan fingerprint density at radius 2 is 2.13 bits per heavy atom. The van der Waals surface area contributed by atoms with Gasteiger partial charge < -0.3 is 15.1 Å². The molecule has 128 valence electrons. The lowest BCUT2D eigenvalue weighted by atomic mass is 9.93. The first-order valence-electron chi connectivity index (χ1n) is 7.15. The van der Waals surface area contributed by atoms with Gasteiger partial charge in [0.25, 0.3) is 5.91 Å². The second-order valence-electron chi connectivity index (χ2n) is 6.36. The normalized spacial score (nSPS) is 11.2. The Morgan fingerprint density at radius 3 is 2.65 bits per heavy atom. The van der Waals surface area contributed by atoms with Crippen LogP contribution in [0.1, 0.15) is 30.1 Å². The Morgan fingerprint density at radius 1 is 1.48 bits per heavy atom. The molecule has 0 unspecified atom stereocenters. The average molecular weight is 342 g/mol. The third kappa shape index (κ3) is 4.33. The van der Waals surface area contributed by atoms with Gasteiger partial charge in [0.2, 0.25) is 5.89 Å². The second kappa shape index (κ2) is 7.14. The second-order valence-corrected chi connectivity index (χ2v) is 6.36. The molecule has 0 saturated heterocycles. The van der Waals surface area contributed by atoms with Gasteiger partial charge in [-0.3, -0.25) is 9.48 Å². The van der Waals surface area contributed by atoms with Crippen molar-refractivity contribution in [3.05, 3.63) is 23.8 Å². The molecule has 1 amide bonds. The number of carbonyl (C=O) groups excluding carboxylic acids is 1. The maximum atomic E-state index is 12.6. The van der Waals surface area contributed by atoms with Crippen molar-refractivity contribution in [1.82, 2.24) is 19.7 Å². The van der Waals surface area contributed by atoms with Crippen LogP contribution in [0.25, 0.3) is 11.5 Å². The first kappa shape index (κ1) is 19.2. The van der Waals surface area contributed by atoms with E-state index in [1.165, 1.54) is 0 Å². The lowest BCUT2D eigenvalue weighted by Gasteiger charge is -2.28. The molecule has 0 aliphatic heterocycles. The molecule has 2 N–H and O–H groups in total. The van der Waals surface area contributed by atoms with Crippen molar-refractivity contribution in [3.8, 4) is 11.5 Å². The summed E-state index contributed by atoms with van der Waals surface area (Å²) in [6.07, 6.45) is 3.45. The number of hydrogen-bond donors (Lipinski definition) is 1. The van der Waals surface area contributed by atoms with Gasteiger partial charge in [-0.1, -0.05) is 13.8 Å². The summed E-state index contributed by atoms with van der Waals surface area (Å²) in [4.78, 5) is 18.5. The van der Waals surface area contributed by atoms with E-state index in [9.17, 15) is 4.79 Å². The maximum absolute atomic E-state index is 12.6. The lowest BCUT2D eigenvalue weighted by Crippen LogP contribution is -2.40. The molecule has 2 rings (SSSR count). The van der Waals surface area contributed by atoms with Crippen molar-refractivity contribution in [2.24, 2.45) is 18.2 Å². The molecule has 23 heavy (non-hydrogen) atoms. The summed E-state index contributed by atoms with van der Waals surface area (Å²) in [5, 5.41) is 4.08. The predicted molar refractivity (Wildman–Crippen MR) is 90.5 cm³/mol. The molecule has 0 fully saturated rings. The fraction of sp³-hybridized carbons (Fsp3) is 0.533. The summed E-state index contributed by atoms with van der Waals surface area (Å²) in [6, 6.07) is 0. The molecule has 2 heterocycles. The zero-order chi connectivity index (χ0) is 16.5. The van der Waals surface area contributed by atoms with Crippen molar-refractivity contribution in [3.63, 3.8) is 0 Å². The number of aromatic nitrogens is 3. The molecule has 0 atom stereocenters. The van der Waals surface area contributed by atoms with Crippen LogP contribution in [0.3, 0.4) is 0 Å². The van der Waals surface area contributed by atoms with Gasteiger partial charge in [-0.15, -0.1) is 12.4 Å². The highest BCUT2D eigenvalue weighted by Crippen LogP contribution is 2.23. The molecular weight excluding hydrogens is 318 g/mol. The third-order valence-corrected chi connectivity index (χ3v) is 3.52. The van der Waals surface area contributed by atoms with Gasteiger partial charge in [0.05, 0.1) is 11.8 Å². The molecule has 0 saturated carbocycles. The first-order chi connectivity index (χ1) is 10.2. The Bertz CT molecular complexity index is 677. The van der Waals surface area contributed by atoms with Gasteiger partial charge in [-0.2, -0.15) is 5.10 Å². The van der Waals surface area contributed by atoms with Crippen molar-refractivity contribution < 1.29 is 9.21 Å². The Balaban J connectivity index is 0.00000264. The third-order valence-electron chi connectivity index (χ3n) is 3.52. The van der Waals surface area contributed by atoms with Gasteiger partial charge in [-0.05, 0) is 18.9 Å². The molecule has 0 bridgehead atoms. The monoisotopic (exact) mass is 341 g/mol. The van der Waals surface area contributed by atoms with E-state index in [1.807, 2.05) is 20.9 Å². The van der Waals surface area contributed by atoms with Gasteiger partial charge in [0.15, 0.2) is 5.69 Å². The predicted octanol–water partition coefficient (Wildman–Crippen LogP) is 1.86. The van der Waals surface area contributed by atoms with Gasteiger partial charge in [0.1, 0.15) is 5.76 Å². The van der Waals surface area contributed by atoms with Crippen LogP contribution < -0.4 is 5.73 Å². The minimum absolute atomic E-state index is 0. The van der Waals surface area contributed by atoms with Crippen LogP contribution in [0.4, 0.5) is 0 Å². The number of carbonyl (C=O) groups is 1. The molecule has 2 aromatic rings. The van der Waals surface area contributed by atoms with E-state index < -0.39 is 0 Å². The number of aryl methyl sites for hydroxylation is 2. The Labute approximate surface area is 142 Å². The fourth-order valence-corrected chi connectivity index (χ4v) is 2.21. The van der Waals surface area contributed by atoms with E-state index in [0.29, 0.717) is 30.4 Å². The van der Waals surface area contributed by atoms with Crippen LogP contribution >= 0.6 is 12.4 Å². The molecule has 0 spiro atoms. The highest BCUT2D eigenvalue weighted by molar-refractivity contribution is 5.93. The standard InChI is InChI=1S/C15H23N5O2.ClH/c1-10-12(14(21)19(4)9-15(2,3)8-16)18-13(22-10)11-6-17-20(5)7-11;/h6-7H,8-9,16H2,1-5H3;1H. The minimum Gasteiger partial charge on any atom is -0.440 e. The largest absolute Gasteiger partial charge is 0.440 e. The van der Waals surface area contributed by atoms with E-state index >= 15 is 0 Å². The van der Waals surface area contributed by atoms with Crippen LogP contribution in [0.2, 0.25) is 0 Å². The first-order valence-corrected chi connectivity index (χ1v) is 7.15. The fourth-order valence-electron chi connectivity index (χ4n) is 2.21. The molecule has 7 nitrogen and oxygen atoms in total. The van der Waals surface area contributed by atoms with Crippen LogP contribution in [0, 0.1) is 12.3 Å². The zero-order valence-electron chi connectivity index (χ0n) is 14.2. The topological polar surface area (TPSA) is 90.2 Å². The summed E-state index contributed by atoms with van der Waals surface area (Å²) in [6.45, 7) is 6.84. The van der Waals surface area contributed by atoms with Crippen molar-refractivity contribution >= 4 is 18.3 Å². The number of nitrogens with zero attached hydrogens (tertiary/aromatic N) is 4. The zero-order valence-corrected chi connectivity index (χ0v) is 15.0. The highest BCUT2D eigenvalue weighted by atomic mass is 35.5. The van der Waals surface area contributed by atoms with Crippen molar-refractivity contribution in [1.29, 1.82) is 0 Å². The molecular formula is C15H24ClN5O2. The van der Waals surface area contributed by atoms with Gasteiger partial charge >= 0.3 is 0 Å². The molecule has 0 radical (unpaired) electrons. The average Bonchev–Trinajstić information content (AvgIpc) is 3.03. The lowest BCUT2D eigenvalue weighted by molar-refractivity contribution is 0.0733. The number of amides is 1. The van der Waals surface area contributed by atoms with Crippen LogP contribution in [0.15, 0.2) is 16.8 Å². The van der Waals surface area contributed by atoms with Crippen molar-refractivity contribution in [2.45, 2.75) is 20.8 Å². The van der Waals surface area contributed by atoms with E-state index in [-0.39, 0.29) is 23.7 Å². The van der Waals surface area contributed by atoms with Crippen LogP contribution in [-0.4, -0.2) is 45.7 Å². The van der Waals surface area contributed by atoms with E-state index in [2.05, 4.69) is 10.1 Å². The molecule has 0 aliphatic rings. The SMILES string of the molecule is Cc1oc(-c2cnn(C)c2)nc1C(=O)N(C)CC(C)(C)CN.Cl. The summed E-state index contributed by atoms with van der Waals surface area (Å²) >= 11 is 0. The Kier molecular flexibility index (Phi) is 5.96. The molecule has 2 aromatic heterocycles. The smallest absolute Gasteiger partial charge is 0.275 e. The number of nitrogens with two attached hydrogens (primary N) is 1. The minimum atomic E-state index is -0.169. The number of hydrogen-bond acceptors (Lipinski definition) is 5. The maximum Gasteiger partial charge on any atom is 0.275 e. The van der Waals surface area contributed by atoms with E-state index in [0.717, 1.165) is 5.56 Å². The summed E-state index contributed by atoms with van der Waals surface area (Å²) in [5.41, 5.74) is 6.65. The molecule has 0 aromatic carbocycles. The number of oxazole rings is 1. The molecule has 0 aliphatic carbocycles. The number of rotatable bonds is 5. The van der Waals surface area contributed by atoms with E-state index in [1.54, 1.807) is 35.9 Å². The summed E-state index contributed by atoms with van der Waals surface area (Å²) < 4.78 is 7.26. The summed E-state index contributed by atoms with van der Waals surface area (Å²) in [5.74, 6) is 0.736. The van der Waals surface area contributed by atoms with Crippen LogP contribution in [0.5, 0.6) is 0 Å². The van der Waals surface area contributed by atoms with E-state index in [4.69, 9.17) is 10.2 Å². The van der Waals surface area contributed by atoms with Crippen LogP contribution in [-0.2, 0) is 7.05 Å². The van der Waals surface area contributed by atoms with Crippen molar-refractivity contribution in [2.75, 3.05) is 20.1 Å².